The maximum atomic E-state index is 13.7. The molecule has 5 rings (SSSR count). The van der Waals surface area contributed by atoms with E-state index in [9.17, 15) is 4.39 Å². The number of aryl methyl sites for hydroxylation is 1. The molecule has 1 aliphatic carbocycles. The molecule has 0 bridgehead atoms. The summed E-state index contributed by atoms with van der Waals surface area (Å²) in [6.45, 7) is 3.37. The number of rotatable bonds is 4. The van der Waals surface area contributed by atoms with Crippen molar-refractivity contribution in [3.8, 4) is 0 Å². The lowest BCUT2D eigenvalue weighted by atomic mass is 9.84. The van der Waals surface area contributed by atoms with Gasteiger partial charge < -0.3 is 4.98 Å². The standard InChI is InChI=1S/C25H27FN2/c26-21-7-9-25-23(17-21)22-16-18(6-8-24(22)27-25)10-13-28-14-11-20(12-15-28)19-4-2-1-3-5-19/h1-5,7,9,11,17-18,27H,6,8,10,12-16H2. The van der Waals surface area contributed by atoms with Gasteiger partial charge in [-0.3, -0.25) is 4.90 Å². The summed E-state index contributed by atoms with van der Waals surface area (Å²) in [5.74, 6) is 0.569. The minimum absolute atomic E-state index is 0.134. The van der Waals surface area contributed by atoms with Crippen molar-refractivity contribution in [3.05, 3.63) is 77.2 Å². The third-order valence-electron chi connectivity index (χ3n) is 6.54. The molecule has 1 atom stereocenters. The highest BCUT2D eigenvalue weighted by Gasteiger charge is 2.23. The molecule has 1 aromatic heterocycles. The largest absolute Gasteiger partial charge is 0.358 e. The molecule has 0 fully saturated rings. The lowest BCUT2D eigenvalue weighted by Crippen LogP contribution is -2.31. The fraction of sp³-hybridized carbons (Fsp3) is 0.360. The van der Waals surface area contributed by atoms with Gasteiger partial charge in [-0.15, -0.1) is 0 Å². The van der Waals surface area contributed by atoms with E-state index in [-0.39, 0.29) is 5.82 Å². The van der Waals surface area contributed by atoms with Crippen molar-refractivity contribution in [1.29, 1.82) is 0 Å². The van der Waals surface area contributed by atoms with Gasteiger partial charge in [-0.25, -0.2) is 4.39 Å². The van der Waals surface area contributed by atoms with Crippen LogP contribution >= 0.6 is 0 Å². The Morgan fingerprint density at radius 3 is 2.79 bits per heavy atom. The molecule has 3 aromatic rings. The monoisotopic (exact) mass is 374 g/mol. The van der Waals surface area contributed by atoms with Gasteiger partial charge in [0.15, 0.2) is 0 Å². The Kier molecular flexibility index (Phi) is 4.77. The predicted molar refractivity (Wildman–Crippen MR) is 114 cm³/mol. The van der Waals surface area contributed by atoms with Crippen molar-refractivity contribution >= 4 is 16.5 Å². The second-order valence-corrected chi connectivity index (χ2v) is 8.32. The van der Waals surface area contributed by atoms with Crippen molar-refractivity contribution in [2.75, 3.05) is 19.6 Å². The average molecular weight is 375 g/mol. The van der Waals surface area contributed by atoms with E-state index >= 15 is 0 Å². The van der Waals surface area contributed by atoms with E-state index in [1.54, 1.807) is 12.1 Å². The van der Waals surface area contributed by atoms with Crippen LogP contribution in [0.1, 0.15) is 36.1 Å². The van der Waals surface area contributed by atoms with Crippen molar-refractivity contribution < 1.29 is 4.39 Å². The minimum Gasteiger partial charge on any atom is -0.358 e. The molecule has 2 aromatic carbocycles. The van der Waals surface area contributed by atoms with E-state index < -0.39 is 0 Å². The molecular weight excluding hydrogens is 347 g/mol. The number of hydrogen-bond donors (Lipinski definition) is 1. The van der Waals surface area contributed by atoms with Gasteiger partial charge in [-0.1, -0.05) is 36.4 Å². The SMILES string of the molecule is Fc1ccc2[nH]c3c(c2c1)CC(CCN1CC=C(c2ccccc2)CC1)CC3. The van der Waals surface area contributed by atoms with Crippen LogP contribution in [0.2, 0.25) is 0 Å². The number of hydrogen-bond acceptors (Lipinski definition) is 1. The fourth-order valence-corrected chi connectivity index (χ4v) is 4.90. The second-order valence-electron chi connectivity index (χ2n) is 8.32. The topological polar surface area (TPSA) is 19.0 Å². The lowest BCUT2D eigenvalue weighted by Gasteiger charge is -2.29. The van der Waals surface area contributed by atoms with Gasteiger partial charge in [0.25, 0.3) is 0 Å². The summed E-state index contributed by atoms with van der Waals surface area (Å²) in [6, 6.07) is 15.9. The van der Waals surface area contributed by atoms with Gasteiger partial charge in [0.2, 0.25) is 0 Å². The van der Waals surface area contributed by atoms with Crippen LogP contribution in [0.3, 0.4) is 0 Å². The summed E-state index contributed by atoms with van der Waals surface area (Å²) in [5, 5.41) is 1.09. The van der Waals surface area contributed by atoms with Gasteiger partial charge in [0.05, 0.1) is 0 Å². The summed E-state index contributed by atoms with van der Waals surface area (Å²) >= 11 is 0. The molecule has 3 heteroatoms. The fourth-order valence-electron chi connectivity index (χ4n) is 4.90. The number of aromatic amines is 1. The highest BCUT2D eigenvalue weighted by Crippen LogP contribution is 2.33. The summed E-state index contributed by atoms with van der Waals surface area (Å²) in [6.07, 6.45) is 8.18. The first-order valence-corrected chi connectivity index (χ1v) is 10.5. The maximum Gasteiger partial charge on any atom is 0.123 e. The normalized spacial score (nSPS) is 20.2. The van der Waals surface area contributed by atoms with Crippen molar-refractivity contribution in [2.24, 2.45) is 5.92 Å². The maximum absolute atomic E-state index is 13.7. The van der Waals surface area contributed by atoms with E-state index in [1.165, 1.54) is 35.2 Å². The minimum atomic E-state index is -0.134. The molecule has 0 radical (unpaired) electrons. The summed E-state index contributed by atoms with van der Waals surface area (Å²) < 4.78 is 13.7. The molecule has 0 saturated carbocycles. The molecule has 1 N–H and O–H groups in total. The number of benzene rings is 2. The van der Waals surface area contributed by atoms with Crippen LogP contribution in [0.4, 0.5) is 4.39 Å². The number of nitrogens with one attached hydrogen (secondary N) is 1. The third kappa shape index (κ3) is 3.51. The van der Waals surface area contributed by atoms with E-state index in [0.717, 1.165) is 49.8 Å². The molecular formula is C25H27FN2. The van der Waals surface area contributed by atoms with Crippen LogP contribution in [-0.2, 0) is 12.8 Å². The first-order chi connectivity index (χ1) is 13.8. The van der Waals surface area contributed by atoms with Crippen LogP contribution < -0.4 is 0 Å². The molecule has 28 heavy (non-hydrogen) atoms. The zero-order valence-electron chi connectivity index (χ0n) is 16.3. The number of aromatic nitrogens is 1. The zero-order valence-corrected chi connectivity index (χ0v) is 16.3. The van der Waals surface area contributed by atoms with Crippen molar-refractivity contribution in [2.45, 2.75) is 32.1 Å². The molecule has 2 nitrogen and oxygen atoms in total. The third-order valence-corrected chi connectivity index (χ3v) is 6.54. The summed E-state index contributed by atoms with van der Waals surface area (Å²) in [4.78, 5) is 6.09. The van der Waals surface area contributed by atoms with Crippen LogP contribution in [0.5, 0.6) is 0 Å². The van der Waals surface area contributed by atoms with Crippen LogP contribution in [0.25, 0.3) is 16.5 Å². The molecule has 2 aliphatic rings. The highest BCUT2D eigenvalue weighted by atomic mass is 19.1. The van der Waals surface area contributed by atoms with Gasteiger partial charge in [0, 0.05) is 29.7 Å². The van der Waals surface area contributed by atoms with E-state index in [1.807, 2.05) is 6.07 Å². The van der Waals surface area contributed by atoms with Gasteiger partial charge in [-0.2, -0.15) is 0 Å². The van der Waals surface area contributed by atoms with Gasteiger partial charge in [0.1, 0.15) is 5.82 Å². The Balaban J connectivity index is 1.20. The molecule has 2 heterocycles. The molecule has 0 spiro atoms. The Hall–Kier alpha value is -2.39. The molecule has 144 valence electrons. The highest BCUT2D eigenvalue weighted by molar-refractivity contribution is 5.85. The van der Waals surface area contributed by atoms with E-state index in [0.29, 0.717) is 5.92 Å². The number of halogens is 1. The van der Waals surface area contributed by atoms with Crippen LogP contribution in [-0.4, -0.2) is 29.5 Å². The van der Waals surface area contributed by atoms with Crippen molar-refractivity contribution in [1.82, 2.24) is 9.88 Å². The average Bonchev–Trinajstić information content (AvgIpc) is 3.10. The molecule has 1 unspecified atom stereocenters. The Labute approximate surface area is 166 Å². The summed E-state index contributed by atoms with van der Waals surface area (Å²) in [5.41, 5.74) is 6.62. The summed E-state index contributed by atoms with van der Waals surface area (Å²) in [7, 11) is 0. The number of H-pyrrole nitrogens is 1. The van der Waals surface area contributed by atoms with E-state index in [4.69, 9.17) is 0 Å². The predicted octanol–water partition coefficient (Wildman–Crippen LogP) is 5.59. The van der Waals surface area contributed by atoms with Crippen LogP contribution in [0, 0.1) is 11.7 Å². The van der Waals surface area contributed by atoms with E-state index in [2.05, 4.69) is 46.3 Å². The Morgan fingerprint density at radius 2 is 1.96 bits per heavy atom. The van der Waals surface area contributed by atoms with Gasteiger partial charge >= 0.3 is 0 Å². The Bertz CT molecular complexity index is 1000. The van der Waals surface area contributed by atoms with Gasteiger partial charge in [-0.05, 0) is 79.5 Å². The van der Waals surface area contributed by atoms with Crippen molar-refractivity contribution in [3.63, 3.8) is 0 Å². The molecule has 1 aliphatic heterocycles. The smallest absolute Gasteiger partial charge is 0.123 e. The lowest BCUT2D eigenvalue weighted by molar-refractivity contribution is 0.265. The quantitative estimate of drug-likeness (QED) is 0.630. The first kappa shape index (κ1) is 17.7. The zero-order chi connectivity index (χ0) is 18.9. The number of nitrogens with zero attached hydrogens (tertiary/aromatic N) is 1. The van der Waals surface area contributed by atoms with Crippen LogP contribution in [0.15, 0.2) is 54.6 Å². The Morgan fingerprint density at radius 1 is 1.07 bits per heavy atom. The molecule has 0 amide bonds. The molecule has 0 saturated heterocycles. The second kappa shape index (κ2) is 7.56. The number of fused-ring (bicyclic) bond motifs is 3. The first-order valence-electron chi connectivity index (χ1n) is 10.5.